The van der Waals surface area contributed by atoms with Crippen LogP contribution in [0.5, 0.6) is 0 Å². The van der Waals surface area contributed by atoms with Gasteiger partial charge in [0.15, 0.2) is 0 Å². The van der Waals surface area contributed by atoms with Gasteiger partial charge in [-0.05, 0) is 23.6 Å². The van der Waals surface area contributed by atoms with Crippen molar-refractivity contribution in [2.24, 2.45) is 0 Å². The van der Waals surface area contributed by atoms with Crippen LogP contribution in [-0.4, -0.2) is 56.6 Å². The summed E-state index contributed by atoms with van der Waals surface area (Å²) in [6.45, 7) is 2.27. The van der Waals surface area contributed by atoms with Gasteiger partial charge in [-0.15, -0.1) is 0 Å². The van der Waals surface area contributed by atoms with Crippen molar-refractivity contribution in [1.29, 1.82) is 0 Å². The van der Waals surface area contributed by atoms with Gasteiger partial charge in [0.2, 0.25) is 0 Å². The predicted octanol–water partition coefficient (Wildman–Crippen LogP) is 0.674. The average Bonchev–Trinajstić information content (AvgIpc) is 2.59. The molecule has 1 unspecified atom stereocenters. The van der Waals surface area contributed by atoms with E-state index < -0.39 is 6.10 Å². The summed E-state index contributed by atoms with van der Waals surface area (Å²) in [5, 5.41) is 13.0. The molecule has 0 saturated carbocycles. The highest BCUT2D eigenvalue weighted by Crippen LogP contribution is 2.17. The standard InChI is InChI=1S/C16H18ClN5O2/c17-15-5-14(20-10-21-15)16(24)19-7-13(23)9-22-4-2-11-1-3-18-6-12(11)8-22/h1,3,5-6,10,13,23H,2,4,7-9H2,(H,19,24). The molecule has 2 aromatic heterocycles. The molecule has 0 fully saturated rings. The third-order valence-corrected chi connectivity index (χ3v) is 4.14. The Kier molecular flexibility index (Phi) is 5.34. The van der Waals surface area contributed by atoms with E-state index in [4.69, 9.17) is 11.6 Å². The van der Waals surface area contributed by atoms with E-state index in [1.807, 2.05) is 12.3 Å². The van der Waals surface area contributed by atoms with Gasteiger partial charge in [-0.25, -0.2) is 9.97 Å². The van der Waals surface area contributed by atoms with Crippen LogP contribution in [0.3, 0.4) is 0 Å². The quantitative estimate of drug-likeness (QED) is 0.773. The molecule has 1 aliphatic rings. The largest absolute Gasteiger partial charge is 0.390 e. The lowest BCUT2D eigenvalue weighted by atomic mass is 10.0. The molecule has 1 aliphatic heterocycles. The third-order valence-electron chi connectivity index (χ3n) is 3.93. The highest BCUT2D eigenvalue weighted by Gasteiger charge is 2.19. The Hall–Kier alpha value is -2.09. The fourth-order valence-corrected chi connectivity index (χ4v) is 2.86. The number of carbonyl (C=O) groups excluding carboxylic acids is 1. The number of halogens is 1. The Morgan fingerprint density at radius 2 is 2.29 bits per heavy atom. The van der Waals surface area contributed by atoms with Crippen molar-refractivity contribution in [3.05, 3.63) is 52.8 Å². The number of fused-ring (bicyclic) bond motifs is 1. The predicted molar refractivity (Wildman–Crippen MR) is 88.6 cm³/mol. The van der Waals surface area contributed by atoms with Crippen LogP contribution in [0.2, 0.25) is 5.15 Å². The average molecular weight is 348 g/mol. The van der Waals surface area contributed by atoms with Gasteiger partial charge in [0, 0.05) is 44.6 Å². The fraction of sp³-hybridized carbons (Fsp3) is 0.375. The van der Waals surface area contributed by atoms with Crippen molar-refractivity contribution in [3.63, 3.8) is 0 Å². The minimum absolute atomic E-state index is 0.150. The molecule has 3 rings (SSSR count). The number of hydrogen-bond donors (Lipinski definition) is 2. The van der Waals surface area contributed by atoms with E-state index in [0.29, 0.717) is 6.54 Å². The second-order valence-electron chi connectivity index (χ2n) is 5.72. The third kappa shape index (κ3) is 4.25. The second kappa shape index (κ2) is 7.65. The number of amides is 1. The molecular formula is C16H18ClN5O2. The normalized spacial score (nSPS) is 15.6. The lowest BCUT2D eigenvalue weighted by Gasteiger charge is -2.30. The fourth-order valence-electron chi connectivity index (χ4n) is 2.72. The molecule has 0 saturated heterocycles. The van der Waals surface area contributed by atoms with E-state index in [-0.39, 0.29) is 23.3 Å². The van der Waals surface area contributed by atoms with E-state index in [1.54, 1.807) is 6.20 Å². The maximum Gasteiger partial charge on any atom is 0.270 e. The molecule has 0 aliphatic carbocycles. The van der Waals surface area contributed by atoms with E-state index >= 15 is 0 Å². The molecule has 0 aromatic carbocycles. The lowest BCUT2D eigenvalue weighted by Crippen LogP contribution is -2.42. The Bertz CT molecular complexity index is 727. The molecule has 2 N–H and O–H groups in total. The molecule has 126 valence electrons. The highest BCUT2D eigenvalue weighted by molar-refractivity contribution is 6.29. The molecule has 24 heavy (non-hydrogen) atoms. The van der Waals surface area contributed by atoms with Gasteiger partial charge in [0.25, 0.3) is 5.91 Å². The summed E-state index contributed by atoms with van der Waals surface area (Å²) in [6.07, 6.45) is 5.18. The maximum absolute atomic E-state index is 12.0. The molecule has 0 radical (unpaired) electrons. The van der Waals surface area contributed by atoms with Gasteiger partial charge in [-0.3, -0.25) is 14.7 Å². The zero-order valence-corrected chi connectivity index (χ0v) is 13.8. The van der Waals surface area contributed by atoms with Crippen LogP contribution in [0.15, 0.2) is 30.9 Å². The molecule has 2 aromatic rings. The number of hydrogen-bond acceptors (Lipinski definition) is 6. The molecule has 0 bridgehead atoms. The second-order valence-corrected chi connectivity index (χ2v) is 6.11. The monoisotopic (exact) mass is 347 g/mol. The minimum atomic E-state index is -0.663. The summed E-state index contributed by atoms with van der Waals surface area (Å²) in [4.78, 5) is 25.8. The SMILES string of the molecule is O=C(NCC(O)CN1CCc2ccncc2C1)c1cc(Cl)ncn1. The van der Waals surface area contributed by atoms with Gasteiger partial charge >= 0.3 is 0 Å². The number of pyridine rings is 1. The number of aliphatic hydroxyl groups is 1. The summed E-state index contributed by atoms with van der Waals surface area (Å²) in [6, 6.07) is 3.42. The number of β-amino-alcohol motifs (C(OH)–C–C–N with tert-alkyl or cyclic N) is 1. The van der Waals surface area contributed by atoms with Crippen molar-refractivity contribution < 1.29 is 9.90 Å². The Labute approximate surface area is 144 Å². The van der Waals surface area contributed by atoms with Crippen molar-refractivity contribution in [3.8, 4) is 0 Å². The smallest absolute Gasteiger partial charge is 0.270 e. The number of aliphatic hydroxyl groups excluding tert-OH is 1. The van der Waals surface area contributed by atoms with Gasteiger partial charge in [0.1, 0.15) is 17.2 Å². The molecule has 3 heterocycles. The summed E-state index contributed by atoms with van der Waals surface area (Å²) in [7, 11) is 0. The molecule has 1 atom stereocenters. The Balaban J connectivity index is 1.48. The van der Waals surface area contributed by atoms with Crippen molar-refractivity contribution in [2.75, 3.05) is 19.6 Å². The molecular weight excluding hydrogens is 330 g/mol. The number of nitrogens with one attached hydrogen (secondary N) is 1. The number of carbonyl (C=O) groups is 1. The van der Waals surface area contributed by atoms with Crippen LogP contribution in [-0.2, 0) is 13.0 Å². The van der Waals surface area contributed by atoms with E-state index in [2.05, 4.69) is 25.2 Å². The maximum atomic E-state index is 12.0. The van der Waals surface area contributed by atoms with Crippen LogP contribution >= 0.6 is 11.6 Å². The Morgan fingerprint density at radius 1 is 1.42 bits per heavy atom. The van der Waals surface area contributed by atoms with E-state index in [1.165, 1.54) is 23.5 Å². The lowest BCUT2D eigenvalue weighted by molar-refractivity contribution is 0.0837. The number of nitrogens with zero attached hydrogens (tertiary/aromatic N) is 4. The summed E-state index contributed by atoms with van der Waals surface area (Å²) >= 11 is 5.73. The first kappa shape index (κ1) is 16.8. The van der Waals surface area contributed by atoms with Gasteiger partial charge in [-0.1, -0.05) is 11.6 Å². The zero-order chi connectivity index (χ0) is 16.9. The first-order valence-corrected chi connectivity index (χ1v) is 8.07. The topological polar surface area (TPSA) is 91.2 Å². The summed E-state index contributed by atoms with van der Waals surface area (Å²) < 4.78 is 0. The Morgan fingerprint density at radius 3 is 3.12 bits per heavy atom. The number of aromatic nitrogens is 3. The molecule has 1 amide bonds. The van der Waals surface area contributed by atoms with Crippen molar-refractivity contribution in [1.82, 2.24) is 25.2 Å². The van der Waals surface area contributed by atoms with Gasteiger partial charge in [0.05, 0.1) is 6.10 Å². The van der Waals surface area contributed by atoms with Crippen molar-refractivity contribution in [2.45, 2.75) is 19.1 Å². The zero-order valence-electron chi connectivity index (χ0n) is 13.0. The van der Waals surface area contributed by atoms with Crippen LogP contribution in [0, 0.1) is 0 Å². The van der Waals surface area contributed by atoms with Crippen LogP contribution in [0.4, 0.5) is 0 Å². The van der Waals surface area contributed by atoms with Crippen LogP contribution < -0.4 is 5.32 Å². The van der Waals surface area contributed by atoms with Gasteiger partial charge in [-0.2, -0.15) is 0 Å². The molecule has 0 spiro atoms. The minimum Gasteiger partial charge on any atom is -0.390 e. The van der Waals surface area contributed by atoms with Crippen molar-refractivity contribution >= 4 is 17.5 Å². The first-order chi connectivity index (χ1) is 11.6. The van der Waals surface area contributed by atoms with Crippen LogP contribution in [0.25, 0.3) is 0 Å². The number of rotatable bonds is 5. The van der Waals surface area contributed by atoms with Gasteiger partial charge < -0.3 is 10.4 Å². The van der Waals surface area contributed by atoms with E-state index in [0.717, 1.165) is 19.5 Å². The molecule has 7 nitrogen and oxygen atoms in total. The summed E-state index contributed by atoms with van der Waals surface area (Å²) in [5.41, 5.74) is 2.68. The highest BCUT2D eigenvalue weighted by atomic mass is 35.5. The van der Waals surface area contributed by atoms with E-state index in [9.17, 15) is 9.90 Å². The van der Waals surface area contributed by atoms with Crippen LogP contribution in [0.1, 0.15) is 21.6 Å². The summed E-state index contributed by atoms with van der Waals surface area (Å²) in [5.74, 6) is -0.383. The molecule has 8 heteroatoms. The first-order valence-electron chi connectivity index (χ1n) is 7.70.